The zero-order valence-electron chi connectivity index (χ0n) is 10.6. The third-order valence-corrected chi connectivity index (χ3v) is 3.40. The molecule has 2 heterocycles. The zero-order valence-corrected chi connectivity index (χ0v) is 10.6. The number of aryl methyl sites for hydroxylation is 1. The predicted octanol–water partition coefficient (Wildman–Crippen LogP) is 1.14. The number of pyridine rings is 1. The summed E-state index contributed by atoms with van der Waals surface area (Å²) >= 11 is 0. The predicted molar refractivity (Wildman–Crippen MR) is 70.4 cm³/mol. The third kappa shape index (κ3) is 3.33. The summed E-state index contributed by atoms with van der Waals surface area (Å²) in [5.41, 5.74) is 1.06. The van der Waals surface area contributed by atoms with Crippen molar-refractivity contribution in [2.24, 2.45) is 13.0 Å². The SMILES string of the molecule is CN1CCCC(CNc2ccc(=O)n(C)c2)C1. The van der Waals surface area contributed by atoms with Gasteiger partial charge in [-0.3, -0.25) is 4.79 Å². The van der Waals surface area contributed by atoms with Gasteiger partial charge in [-0.05, 0) is 38.4 Å². The summed E-state index contributed by atoms with van der Waals surface area (Å²) in [5, 5.41) is 3.42. The largest absolute Gasteiger partial charge is 0.384 e. The van der Waals surface area contributed by atoms with Gasteiger partial charge in [0.15, 0.2) is 0 Å². The lowest BCUT2D eigenvalue weighted by molar-refractivity contribution is 0.217. The van der Waals surface area contributed by atoms with Crippen LogP contribution in [0.15, 0.2) is 23.1 Å². The second-order valence-corrected chi connectivity index (χ2v) is 5.02. The topological polar surface area (TPSA) is 37.3 Å². The van der Waals surface area contributed by atoms with Gasteiger partial charge < -0.3 is 14.8 Å². The van der Waals surface area contributed by atoms with Gasteiger partial charge in [-0.25, -0.2) is 0 Å². The minimum Gasteiger partial charge on any atom is -0.384 e. The highest BCUT2D eigenvalue weighted by Crippen LogP contribution is 2.15. The quantitative estimate of drug-likeness (QED) is 0.853. The van der Waals surface area contributed by atoms with Crippen LogP contribution in [0.2, 0.25) is 0 Å². The molecule has 1 aromatic rings. The molecule has 0 aliphatic carbocycles. The highest BCUT2D eigenvalue weighted by atomic mass is 16.1. The van der Waals surface area contributed by atoms with Crippen molar-refractivity contribution in [1.82, 2.24) is 9.47 Å². The van der Waals surface area contributed by atoms with Crippen LogP contribution in [-0.4, -0.2) is 36.1 Å². The van der Waals surface area contributed by atoms with E-state index in [2.05, 4.69) is 17.3 Å². The Morgan fingerprint density at radius 1 is 1.41 bits per heavy atom. The summed E-state index contributed by atoms with van der Waals surface area (Å²) in [6, 6.07) is 3.46. The molecule has 0 saturated carbocycles. The van der Waals surface area contributed by atoms with Gasteiger partial charge in [0.05, 0.1) is 5.69 Å². The molecule has 1 N–H and O–H groups in total. The molecule has 4 nitrogen and oxygen atoms in total. The van der Waals surface area contributed by atoms with Gasteiger partial charge in [0, 0.05) is 32.4 Å². The number of hydrogen-bond acceptors (Lipinski definition) is 3. The molecule has 4 heteroatoms. The molecule has 1 aliphatic rings. The second-order valence-electron chi connectivity index (χ2n) is 5.02. The first-order valence-electron chi connectivity index (χ1n) is 6.24. The average molecular weight is 235 g/mol. The molecule has 1 fully saturated rings. The fourth-order valence-electron chi connectivity index (χ4n) is 2.40. The Hall–Kier alpha value is -1.29. The van der Waals surface area contributed by atoms with E-state index in [4.69, 9.17) is 0 Å². The van der Waals surface area contributed by atoms with E-state index in [1.165, 1.54) is 25.9 Å². The van der Waals surface area contributed by atoms with E-state index in [0.717, 1.165) is 12.2 Å². The molecule has 1 atom stereocenters. The van der Waals surface area contributed by atoms with E-state index in [0.29, 0.717) is 5.92 Å². The summed E-state index contributed by atoms with van der Waals surface area (Å²) in [6.45, 7) is 3.37. The number of nitrogens with zero attached hydrogens (tertiary/aromatic N) is 2. The molecule has 17 heavy (non-hydrogen) atoms. The van der Waals surface area contributed by atoms with Crippen molar-refractivity contribution >= 4 is 5.69 Å². The Balaban J connectivity index is 1.88. The van der Waals surface area contributed by atoms with Crippen LogP contribution in [0.1, 0.15) is 12.8 Å². The molecular formula is C13H21N3O. The van der Waals surface area contributed by atoms with Crippen molar-refractivity contribution in [2.75, 3.05) is 32.0 Å². The number of rotatable bonds is 3. The summed E-state index contributed by atoms with van der Waals surface area (Å²) in [6.07, 6.45) is 4.44. The van der Waals surface area contributed by atoms with Gasteiger partial charge in [0.25, 0.3) is 0 Å². The number of hydrogen-bond donors (Lipinski definition) is 1. The molecule has 2 rings (SSSR count). The number of likely N-dealkylation sites (tertiary alicyclic amines) is 1. The van der Waals surface area contributed by atoms with Gasteiger partial charge in [-0.2, -0.15) is 0 Å². The lowest BCUT2D eigenvalue weighted by atomic mass is 9.98. The van der Waals surface area contributed by atoms with Crippen LogP contribution in [0.3, 0.4) is 0 Å². The zero-order chi connectivity index (χ0) is 12.3. The second kappa shape index (κ2) is 5.36. The van der Waals surface area contributed by atoms with Crippen LogP contribution < -0.4 is 10.9 Å². The molecule has 1 aromatic heterocycles. The molecule has 0 radical (unpaired) electrons. The molecule has 0 bridgehead atoms. The molecular weight excluding hydrogens is 214 g/mol. The van der Waals surface area contributed by atoms with Gasteiger partial charge in [-0.1, -0.05) is 0 Å². The van der Waals surface area contributed by atoms with E-state index in [1.54, 1.807) is 17.7 Å². The fourth-order valence-corrected chi connectivity index (χ4v) is 2.40. The first kappa shape index (κ1) is 12.2. The highest BCUT2D eigenvalue weighted by molar-refractivity contribution is 5.40. The van der Waals surface area contributed by atoms with Crippen LogP contribution in [-0.2, 0) is 7.05 Å². The lowest BCUT2D eigenvalue weighted by Crippen LogP contribution is -2.35. The third-order valence-electron chi connectivity index (χ3n) is 3.40. The normalized spacial score (nSPS) is 21.4. The van der Waals surface area contributed by atoms with E-state index in [1.807, 2.05) is 12.3 Å². The molecule has 0 amide bonds. The van der Waals surface area contributed by atoms with Crippen LogP contribution in [0, 0.1) is 5.92 Å². The summed E-state index contributed by atoms with van der Waals surface area (Å²) in [5.74, 6) is 0.714. The fraction of sp³-hybridized carbons (Fsp3) is 0.615. The molecule has 0 spiro atoms. The van der Waals surface area contributed by atoms with Crippen molar-refractivity contribution in [1.29, 1.82) is 0 Å². The van der Waals surface area contributed by atoms with Crippen LogP contribution in [0.5, 0.6) is 0 Å². The van der Waals surface area contributed by atoms with Crippen LogP contribution in [0.25, 0.3) is 0 Å². The van der Waals surface area contributed by atoms with Crippen molar-refractivity contribution in [3.8, 4) is 0 Å². The van der Waals surface area contributed by atoms with E-state index in [9.17, 15) is 4.79 Å². The first-order chi connectivity index (χ1) is 8.15. The first-order valence-corrected chi connectivity index (χ1v) is 6.24. The minimum atomic E-state index is 0.0351. The summed E-state index contributed by atoms with van der Waals surface area (Å²) in [7, 11) is 3.96. The molecule has 0 aromatic carbocycles. The number of nitrogens with one attached hydrogen (secondary N) is 1. The van der Waals surface area contributed by atoms with E-state index >= 15 is 0 Å². The number of anilines is 1. The molecule has 1 unspecified atom stereocenters. The Morgan fingerprint density at radius 3 is 2.94 bits per heavy atom. The summed E-state index contributed by atoms with van der Waals surface area (Å²) in [4.78, 5) is 13.6. The molecule has 1 saturated heterocycles. The van der Waals surface area contributed by atoms with Crippen molar-refractivity contribution in [3.63, 3.8) is 0 Å². The van der Waals surface area contributed by atoms with Gasteiger partial charge in [0.2, 0.25) is 5.56 Å². The Morgan fingerprint density at radius 2 is 2.24 bits per heavy atom. The maximum atomic E-state index is 11.2. The summed E-state index contributed by atoms with van der Waals surface area (Å²) < 4.78 is 1.61. The Labute approximate surface area is 102 Å². The lowest BCUT2D eigenvalue weighted by Gasteiger charge is -2.29. The van der Waals surface area contributed by atoms with Crippen molar-refractivity contribution < 1.29 is 0 Å². The Bertz CT molecular complexity index is 427. The standard InChI is InChI=1S/C13H21N3O/c1-15-7-3-4-11(9-15)8-14-12-5-6-13(17)16(2)10-12/h5-6,10-11,14H,3-4,7-9H2,1-2H3. The number of piperidine rings is 1. The van der Waals surface area contributed by atoms with E-state index in [-0.39, 0.29) is 5.56 Å². The smallest absolute Gasteiger partial charge is 0.250 e. The molecule has 94 valence electrons. The van der Waals surface area contributed by atoms with Crippen molar-refractivity contribution in [2.45, 2.75) is 12.8 Å². The monoisotopic (exact) mass is 235 g/mol. The minimum absolute atomic E-state index is 0.0351. The number of aromatic nitrogens is 1. The van der Waals surface area contributed by atoms with E-state index < -0.39 is 0 Å². The van der Waals surface area contributed by atoms with Crippen LogP contribution in [0.4, 0.5) is 5.69 Å². The van der Waals surface area contributed by atoms with Crippen molar-refractivity contribution in [3.05, 3.63) is 28.7 Å². The maximum Gasteiger partial charge on any atom is 0.250 e. The average Bonchev–Trinajstić information content (AvgIpc) is 2.31. The molecule has 1 aliphatic heterocycles. The Kier molecular flexibility index (Phi) is 3.84. The van der Waals surface area contributed by atoms with Gasteiger partial charge in [-0.15, -0.1) is 0 Å². The highest BCUT2D eigenvalue weighted by Gasteiger charge is 2.16. The van der Waals surface area contributed by atoms with Gasteiger partial charge >= 0.3 is 0 Å². The van der Waals surface area contributed by atoms with Crippen LogP contribution >= 0.6 is 0 Å². The maximum absolute atomic E-state index is 11.2. The van der Waals surface area contributed by atoms with Gasteiger partial charge in [0.1, 0.15) is 0 Å².